The van der Waals surface area contributed by atoms with Crippen LogP contribution in [-0.4, -0.2) is 30.0 Å². The number of amides is 1. The Morgan fingerprint density at radius 3 is 3.17 bits per heavy atom. The molecule has 1 aliphatic rings. The van der Waals surface area contributed by atoms with E-state index in [0.717, 1.165) is 38.2 Å². The van der Waals surface area contributed by atoms with Crippen molar-refractivity contribution in [2.75, 3.05) is 18.0 Å². The number of pyridine rings is 1. The van der Waals surface area contributed by atoms with Crippen molar-refractivity contribution in [2.45, 2.75) is 38.6 Å². The highest BCUT2D eigenvalue weighted by atomic mass is 16.1. The number of hydrogen-bond donors (Lipinski definition) is 1. The minimum absolute atomic E-state index is 0.172. The molecule has 1 aromatic rings. The van der Waals surface area contributed by atoms with Crippen LogP contribution in [0.3, 0.4) is 0 Å². The molecule has 1 aliphatic heterocycles. The summed E-state index contributed by atoms with van der Waals surface area (Å²) >= 11 is 0. The zero-order valence-corrected chi connectivity index (χ0v) is 10.9. The summed E-state index contributed by atoms with van der Waals surface area (Å²) in [4.78, 5) is 18.2. The molecule has 4 nitrogen and oxygen atoms in total. The molecule has 0 bridgehead atoms. The van der Waals surface area contributed by atoms with Gasteiger partial charge in [0.05, 0.1) is 0 Å². The molecule has 2 heterocycles. The number of nitrogens with one attached hydrogen (secondary N) is 1. The second-order valence-electron chi connectivity index (χ2n) is 4.79. The first kappa shape index (κ1) is 12.9. The van der Waals surface area contributed by atoms with Gasteiger partial charge in [-0.05, 0) is 31.4 Å². The molecule has 98 valence electrons. The maximum Gasteiger partial charge on any atom is 0.220 e. The average Bonchev–Trinajstić information content (AvgIpc) is 2.40. The van der Waals surface area contributed by atoms with E-state index in [9.17, 15) is 4.79 Å². The fraction of sp³-hybridized carbons (Fsp3) is 0.571. The summed E-state index contributed by atoms with van der Waals surface area (Å²) in [6.07, 6.45) is 5.52. The van der Waals surface area contributed by atoms with Gasteiger partial charge in [0.2, 0.25) is 5.91 Å². The number of anilines is 1. The molecule has 1 unspecified atom stereocenters. The number of aromatic nitrogens is 1. The smallest absolute Gasteiger partial charge is 0.220 e. The number of nitrogens with zero attached hydrogens (tertiary/aromatic N) is 2. The summed E-state index contributed by atoms with van der Waals surface area (Å²) in [7, 11) is 0. The van der Waals surface area contributed by atoms with Crippen LogP contribution in [0.15, 0.2) is 24.4 Å². The minimum atomic E-state index is 0.172. The van der Waals surface area contributed by atoms with Gasteiger partial charge in [0, 0.05) is 31.7 Å². The van der Waals surface area contributed by atoms with Crippen LogP contribution >= 0.6 is 0 Å². The largest absolute Gasteiger partial charge is 0.355 e. The van der Waals surface area contributed by atoms with E-state index in [1.165, 1.54) is 0 Å². The predicted octanol–water partition coefficient (Wildman–Crippen LogP) is 1.97. The fourth-order valence-corrected chi connectivity index (χ4v) is 2.37. The van der Waals surface area contributed by atoms with Crippen LogP contribution in [0.2, 0.25) is 0 Å². The second-order valence-corrected chi connectivity index (χ2v) is 4.79. The number of piperidine rings is 1. The van der Waals surface area contributed by atoms with Gasteiger partial charge in [0.1, 0.15) is 5.82 Å². The van der Waals surface area contributed by atoms with Crippen molar-refractivity contribution in [3.8, 4) is 0 Å². The van der Waals surface area contributed by atoms with Crippen molar-refractivity contribution in [3.63, 3.8) is 0 Å². The van der Waals surface area contributed by atoms with E-state index in [-0.39, 0.29) is 11.9 Å². The van der Waals surface area contributed by atoms with Gasteiger partial charge in [-0.3, -0.25) is 4.79 Å². The Morgan fingerprint density at radius 2 is 2.44 bits per heavy atom. The first-order valence-electron chi connectivity index (χ1n) is 6.75. The van der Waals surface area contributed by atoms with Gasteiger partial charge < -0.3 is 10.2 Å². The van der Waals surface area contributed by atoms with Crippen LogP contribution in [0, 0.1) is 0 Å². The first-order chi connectivity index (χ1) is 8.79. The summed E-state index contributed by atoms with van der Waals surface area (Å²) in [5, 5.41) is 3.11. The molecule has 0 radical (unpaired) electrons. The summed E-state index contributed by atoms with van der Waals surface area (Å²) in [5.41, 5.74) is 0. The van der Waals surface area contributed by atoms with Crippen LogP contribution in [0.4, 0.5) is 5.82 Å². The van der Waals surface area contributed by atoms with Crippen molar-refractivity contribution >= 4 is 11.7 Å². The summed E-state index contributed by atoms with van der Waals surface area (Å²) in [6.45, 7) is 3.92. The highest BCUT2D eigenvalue weighted by Crippen LogP contribution is 2.17. The van der Waals surface area contributed by atoms with Gasteiger partial charge in [-0.25, -0.2) is 4.98 Å². The number of carbonyl (C=O) groups is 1. The molecular formula is C14H21N3O. The Labute approximate surface area is 108 Å². The molecule has 0 saturated carbocycles. The van der Waals surface area contributed by atoms with Crippen molar-refractivity contribution in [3.05, 3.63) is 24.4 Å². The lowest BCUT2D eigenvalue weighted by atomic mass is 10.1. The van der Waals surface area contributed by atoms with E-state index < -0.39 is 0 Å². The Balaban J connectivity index is 1.91. The van der Waals surface area contributed by atoms with Crippen LogP contribution in [0.5, 0.6) is 0 Å². The van der Waals surface area contributed by atoms with Crippen molar-refractivity contribution in [2.24, 2.45) is 0 Å². The Morgan fingerprint density at radius 1 is 1.56 bits per heavy atom. The number of carbonyl (C=O) groups excluding carboxylic acids is 1. The number of rotatable bonds is 4. The first-order valence-corrected chi connectivity index (χ1v) is 6.75. The zero-order chi connectivity index (χ0) is 12.8. The van der Waals surface area contributed by atoms with E-state index in [1.807, 2.05) is 31.3 Å². The second kappa shape index (κ2) is 6.38. The SMILES string of the molecule is CCCC(=O)NC1CCCN(c2ccccn2)C1. The van der Waals surface area contributed by atoms with Crippen molar-refractivity contribution < 1.29 is 4.79 Å². The van der Waals surface area contributed by atoms with E-state index in [4.69, 9.17) is 0 Å². The molecule has 1 aromatic heterocycles. The maximum atomic E-state index is 11.6. The van der Waals surface area contributed by atoms with Crippen molar-refractivity contribution in [1.82, 2.24) is 10.3 Å². The molecule has 1 amide bonds. The molecule has 0 spiro atoms. The third-order valence-electron chi connectivity index (χ3n) is 3.24. The van der Waals surface area contributed by atoms with Gasteiger partial charge >= 0.3 is 0 Å². The average molecular weight is 247 g/mol. The van der Waals surface area contributed by atoms with Crippen LogP contribution < -0.4 is 10.2 Å². The topological polar surface area (TPSA) is 45.2 Å². The maximum absolute atomic E-state index is 11.6. The molecule has 1 saturated heterocycles. The van der Waals surface area contributed by atoms with Crippen LogP contribution in [0.25, 0.3) is 0 Å². The summed E-state index contributed by atoms with van der Waals surface area (Å²) in [5.74, 6) is 1.18. The molecule has 1 N–H and O–H groups in total. The van der Waals surface area contributed by atoms with Crippen LogP contribution in [-0.2, 0) is 4.79 Å². The Bertz CT molecular complexity index is 380. The molecule has 2 rings (SSSR count). The standard InChI is InChI=1S/C14H21N3O/c1-2-6-14(18)16-12-7-5-10-17(11-12)13-8-3-4-9-15-13/h3-4,8-9,12H,2,5-7,10-11H2,1H3,(H,16,18). The molecule has 1 atom stereocenters. The molecular weight excluding hydrogens is 226 g/mol. The highest BCUT2D eigenvalue weighted by Gasteiger charge is 2.21. The van der Waals surface area contributed by atoms with E-state index in [2.05, 4.69) is 15.2 Å². The molecule has 0 aromatic carbocycles. The predicted molar refractivity (Wildman–Crippen MR) is 72.5 cm³/mol. The van der Waals surface area contributed by atoms with Gasteiger partial charge in [-0.15, -0.1) is 0 Å². The summed E-state index contributed by atoms with van der Waals surface area (Å²) in [6, 6.07) is 6.21. The number of hydrogen-bond acceptors (Lipinski definition) is 3. The lowest BCUT2D eigenvalue weighted by Gasteiger charge is -2.33. The fourth-order valence-electron chi connectivity index (χ4n) is 2.37. The van der Waals surface area contributed by atoms with E-state index >= 15 is 0 Å². The van der Waals surface area contributed by atoms with Gasteiger partial charge in [-0.1, -0.05) is 13.0 Å². The highest BCUT2D eigenvalue weighted by molar-refractivity contribution is 5.76. The van der Waals surface area contributed by atoms with Gasteiger partial charge in [0.15, 0.2) is 0 Å². The summed E-state index contributed by atoms with van der Waals surface area (Å²) < 4.78 is 0. The molecule has 4 heteroatoms. The van der Waals surface area contributed by atoms with Crippen molar-refractivity contribution in [1.29, 1.82) is 0 Å². The van der Waals surface area contributed by atoms with Gasteiger partial charge in [-0.2, -0.15) is 0 Å². The molecule has 18 heavy (non-hydrogen) atoms. The van der Waals surface area contributed by atoms with Crippen LogP contribution in [0.1, 0.15) is 32.6 Å². The molecule has 1 fully saturated rings. The minimum Gasteiger partial charge on any atom is -0.355 e. The van der Waals surface area contributed by atoms with E-state index in [0.29, 0.717) is 6.42 Å². The van der Waals surface area contributed by atoms with E-state index in [1.54, 1.807) is 0 Å². The Hall–Kier alpha value is -1.58. The zero-order valence-electron chi connectivity index (χ0n) is 10.9. The third-order valence-corrected chi connectivity index (χ3v) is 3.24. The lowest BCUT2D eigenvalue weighted by Crippen LogP contribution is -2.48. The Kier molecular flexibility index (Phi) is 4.56. The van der Waals surface area contributed by atoms with Gasteiger partial charge in [0.25, 0.3) is 0 Å². The monoisotopic (exact) mass is 247 g/mol. The quantitative estimate of drug-likeness (QED) is 0.884. The third kappa shape index (κ3) is 3.45. The molecule has 0 aliphatic carbocycles. The lowest BCUT2D eigenvalue weighted by molar-refractivity contribution is -0.121. The normalized spacial score (nSPS) is 19.6.